The molecule has 2 aliphatic rings. The first kappa shape index (κ1) is 13.4. The largest absolute Gasteiger partial charge is 0.465 e. The first-order valence-electron chi connectivity index (χ1n) is 6.93. The number of anilines is 1. The molecule has 1 aliphatic carbocycles. The van der Waals surface area contributed by atoms with Crippen molar-refractivity contribution >= 4 is 23.5 Å². The molecular weight excluding hydrogens is 280 g/mol. The number of nitrogens with one attached hydrogen (secondary N) is 1. The van der Waals surface area contributed by atoms with Crippen LogP contribution in [0.15, 0.2) is 0 Å². The van der Waals surface area contributed by atoms with Gasteiger partial charge >= 0.3 is 6.09 Å². The number of hydrogen-bond acceptors (Lipinski definition) is 4. The molecule has 0 bridgehead atoms. The average Bonchev–Trinajstić information content (AvgIpc) is 2.87. The van der Waals surface area contributed by atoms with Gasteiger partial charge in [-0.05, 0) is 43.7 Å². The third-order valence-corrected chi connectivity index (χ3v) is 4.18. The summed E-state index contributed by atoms with van der Waals surface area (Å²) in [7, 11) is 0. The zero-order chi connectivity index (χ0) is 14.1. The topological polar surface area (TPSA) is 78.4 Å². The van der Waals surface area contributed by atoms with Gasteiger partial charge in [0.05, 0.1) is 5.69 Å². The summed E-state index contributed by atoms with van der Waals surface area (Å²) >= 11 is 5.96. The smallest absolute Gasteiger partial charge is 0.407 e. The second kappa shape index (κ2) is 5.44. The van der Waals surface area contributed by atoms with Gasteiger partial charge in [-0.15, -0.1) is 0 Å². The molecule has 1 aromatic heterocycles. The van der Waals surface area contributed by atoms with Crippen LogP contribution in [-0.4, -0.2) is 45.2 Å². The number of halogens is 1. The minimum absolute atomic E-state index is 0.251. The van der Waals surface area contributed by atoms with E-state index in [0.29, 0.717) is 13.1 Å². The summed E-state index contributed by atoms with van der Waals surface area (Å²) in [5.41, 5.74) is 2.23. The highest BCUT2D eigenvalue weighted by Gasteiger charge is 2.25. The molecular formula is C13H17ClN4O2. The molecule has 7 heteroatoms. The molecule has 1 aliphatic heterocycles. The van der Waals surface area contributed by atoms with E-state index in [-0.39, 0.29) is 11.3 Å². The van der Waals surface area contributed by atoms with Crippen molar-refractivity contribution in [2.75, 3.05) is 18.4 Å². The van der Waals surface area contributed by atoms with Gasteiger partial charge in [0.15, 0.2) is 0 Å². The van der Waals surface area contributed by atoms with Crippen LogP contribution in [-0.2, 0) is 12.8 Å². The summed E-state index contributed by atoms with van der Waals surface area (Å²) in [4.78, 5) is 20.9. The van der Waals surface area contributed by atoms with Gasteiger partial charge in [-0.3, -0.25) is 0 Å². The number of piperidine rings is 1. The number of amides is 1. The number of hydrogen-bond donors (Lipinski definition) is 2. The molecule has 1 saturated heterocycles. The Morgan fingerprint density at radius 3 is 2.75 bits per heavy atom. The van der Waals surface area contributed by atoms with Crippen LogP contribution in [0.25, 0.3) is 0 Å². The number of aromatic nitrogens is 2. The van der Waals surface area contributed by atoms with Crippen molar-refractivity contribution in [2.45, 2.75) is 38.1 Å². The third-order valence-electron chi connectivity index (χ3n) is 4.01. The standard InChI is InChI=1S/C13H17ClN4O2/c14-12-16-10-3-1-2-9(10)11(17-12)15-8-4-6-18(7-5-8)13(19)20/h8H,1-7H2,(H,19,20)(H,15,16,17). The van der Waals surface area contributed by atoms with E-state index in [1.54, 1.807) is 0 Å². The van der Waals surface area contributed by atoms with Crippen molar-refractivity contribution in [1.29, 1.82) is 0 Å². The predicted octanol–water partition coefficient (Wildman–Crippen LogP) is 2.17. The number of carbonyl (C=O) groups is 1. The Labute approximate surface area is 122 Å². The fourth-order valence-electron chi connectivity index (χ4n) is 2.93. The Morgan fingerprint density at radius 1 is 1.30 bits per heavy atom. The van der Waals surface area contributed by atoms with E-state index in [1.165, 1.54) is 10.5 Å². The van der Waals surface area contributed by atoms with Crippen LogP contribution in [0.2, 0.25) is 5.28 Å². The molecule has 1 fully saturated rings. The van der Waals surface area contributed by atoms with Gasteiger partial charge in [0.2, 0.25) is 5.28 Å². The normalized spacial score (nSPS) is 18.9. The predicted molar refractivity (Wildman–Crippen MR) is 75.3 cm³/mol. The maximum absolute atomic E-state index is 10.9. The number of carboxylic acid groups (broad SMARTS) is 1. The van der Waals surface area contributed by atoms with Crippen molar-refractivity contribution < 1.29 is 9.90 Å². The van der Waals surface area contributed by atoms with Crippen LogP contribution in [0.3, 0.4) is 0 Å². The highest BCUT2D eigenvalue weighted by atomic mass is 35.5. The monoisotopic (exact) mass is 296 g/mol. The van der Waals surface area contributed by atoms with E-state index in [0.717, 1.165) is 43.6 Å². The zero-order valence-corrected chi connectivity index (χ0v) is 11.9. The van der Waals surface area contributed by atoms with Gasteiger partial charge in [0.1, 0.15) is 5.82 Å². The summed E-state index contributed by atoms with van der Waals surface area (Å²) in [6.07, 6.45) is 3.79. The van der Waals surface area contributed by atoms with Gasteiger partial charge in [-0.2, -0.15) is 0 Å². The minimum atomic E-state index is -0.838. The van der Waals surface area contributed by atoms with Crippen molar-refractivity contribution in [1.82, 2.24) is 14.9 Å². The molecule has 0 unspecified atom stereocenters. The number of likely N-dealkylation sites (tertiary alicyclic amines) is 1. The number of aryl methyl sites for hydroxylation is 1. The molecule has 2 N–H and O–H groups in total. The molecule has 0 saturated carbocycles. The molecule has 0 spiro atoms. The maximum Gasteiger partial charge on any atom is 0.407 e. The van der Waals surface area contributed by atoms with Gasteiger partial charge in [0.25, 0.3) is 0 Å². The average molecular weight is 297 g/mol. The Balaban J connectivity index is 1.69. The lowest BCUT2D eigenvalue weighted by atomic mass is 10.1. The van der Waals surface area contributed by atoms with E-state index in [4.69, 9.17) is 16.7 Å². The minimum Gasteiger partial charge on any atom is -0.465 e. The Kier molecular flexibility index (Phi) is 3.65. The van der Waals surface area contributed by atoms with Crippen LogP contribution >= 0.6 is 11.6 Å². The molecule has 20 heavy (non-hydrogen) atoms. The van der Waals surface area contributed by atoms with Gasteiger partial charge < -0.3 is 15.3 Å². The Hall–Kier alpha value is -1.56. The fourth-order valence-corrected chi connectivity index (χ4v) is 3.12. The van der Waals surface area contributed by atoms with Crippen molar-refractivity contribution in [3.8, 4) is 0 Å². The molecule has 0 radical (unpaired) electrons. The zero-order valence-electron chi connectivity index (χ0n) is 11.1. The summed E-state index contributed by atoms with van der Waals surface area (Å²) < 4.78 is 0. The van der Waals surface area contributed by atoms with E-state index < -0.39 is 6.09 Å². The van der Waals surface area contributed by atoms with Crippen LogP contribution < -0.4 is 5.32 Å². The van der Waals surface area contributed by atoms with E-state index in [9.17, 15) is 4.79 Å². The van der Waals surface area contributed by atoms with Crippen LogP contribution in [0, 0.1) is 0 Å². The fraction of sp³-hybridized carbons (Fsp3) is 0.615. The quantitative estimate of drug-likeness (QED) is 0.818. The SMILES string of the molecule is O=C(O)N1CCC(Nc2nc(Cl)nc3c2CCC3)CC1. The lowest BCUT2D eigenvalue weighted by molar-refractivity contribution is 0.133. The Bertz CT molecular complexity index is 529. The number of fused-ring (bicyclic) bond motifs is 1. The van der Waals surface area contributed by atoms with E-state index in [2.05, 4.69) is 15.3 Å². The maximum atomic E-state index is 10.9. The summed E-state index contributed by atoms with van der Waals surface area (Å²) in [6.45, 7) is 1.13. The van der Waals surface area contributed by atoms with Crippen LogP contribution in [0.1, 0.15) is 30.5 Å². The second-order valence-corrected chi connectivity index (χ2v) is 5.65. The van der Waals surface area contributed by atoms with Gasteiger partial charge in [0, 0.05) is 24.7 Å². The summed E-state index contributed by atoms with van der Waals surface area (Å²) in [5.74, 6) is 0.839. The van der Waals surface area contributed by atoms with Gasteiger partial charge in [-0.25, -0.2) is 14.8 Å². The van der Waals surface area contributed by atoms with Crippen molar-refractivity contribution in [2.24, 2.45) is 0 Å². The molecule has 1 amide bonds. The molecule has 3 rings (SSSR count). The molecule has 2 heterocycles. The molecule has 0 atom stereocenters. The second-order valence-electron chi connectivity index (χ2n) is 5.31. The highest BCUT2D eigenvalue weighted by molar-refractivity contribution is 6.28. The third kappa shape index (κ3) is 2.65. The number of nitrogens with zero attached hydrogens (tertiary/aromatic N) is 3. The summed E-state index contributed by atoms with van der Waals surface area (Å²) in [6, 6.07) is 0.251. The van der Waals surface area contributed by atoms with Crippen LogP contribution in [0.5, 0.6) is 0 Å². The number of rotatable bonds is 2. The Morgan fingerprint density at radius 2 is 2.05 bits per heavy atom. The molecule has 108 valence electrons. The first-order chi connectivity index (χ1) is 9.63. The van der Waals surface area contributed by atoms with E-state index >= 15 is 0 Å². The van der Waals surface area contributed by atoms with Crippen molar-refractivity contribution in [3.05, 3.63) is 16.5 Å². The molecule has 1 aromatic rings. The molecule has 6 nitrogen and oxygen atoms in total. The van der Waals surface area contributed by atoms with Crippen LogP contribution in [0.4, 0.5) is 10.6 Å². The van der Waals surface area contributed by atoms with E-state index in [1.807, 2.05) is 0 Å². The first-order valence-corrected chi connectivity index (χ1v) is 7.31. The lowest BCUT2D eigenvalue weighted by Crippen LogP contribution is -2.41. The molecule has 0 aromatic carbocycles. The van der Waals surface area contributed by atoms with Crippen molar-refractivity contribution in [3.63, 3.8) is 0 Å². The highest BCUT2D eigenvalue weighted by Crippen LogP contribution is 2.28. The summed E-state index contributed by atoms with van der Waals surface area (Å²) in [5, 5.41) is 12.7. The lowest BCUT2D eigenvalue weighted by Gasteiger charge is -2.31. The van der Waals surface area contributed by atoms with Gasteiger partial charge in [-0.1, -0.05) is 0 Å².